The number of carbonyl (C=O) groups excluding carboxylic acids is 1. The summed E-state index contributed by atoms with van der Waals surface area (Å²) in [5.41, 5.74) is 0.869. The molecule has 4 rings (SSSR count). The summed E-state index contributed by atoms with van der Waals surface area (Å²) in [5.74, 6) is 0.462. The summed E-state index contributed by atoms with van der Waals surface area (Å²) < 4.78 is 25.2. The molecule has 8 heteroatoms. The third kappa shape index (κ3) is 3.79. The van der Waals surface area contributed by atoms with E-state index in [0.717, 1.165) is 0 Å². The molecule has 0 saturated heterocycles. The van der Waals surface area contributed by atoms with Crippen molar-refractivity contribution in [2.75, 3.05) is 13.3 Å². The average molecular weight is 397 g/mol. The van der Waals surface area contributed by atoms with Crippen LogP contribution in [0.5, 0.6) is 11.5 Å². The van der Waals surface area contributed by atoms with Crippen molar-refractivity contribution >= 4 is 5.91 Å². The van der Waals surface area contributed by atoms with E-state index in [4.69, 9.17) is 9.47 Å². The van der Waals surface area contributed by atoms with E-state index in [-0.39, 0.29) is 25.1 Å². The predicted octanol–water partition coefficient (Wildman–Crippen LogP) is 2.59. The molecule has 0 radical (unpaired) electrons. The number of aryl methyl sites for hydroxylation is 1. The Kier molecular flexibility index (Phi) is 4.71. The maximum Gasteiger partial charge on any atom is 0.269 e. The summed E-state index contributed by atoms with van der Waals surface area (Å²) in [6.07, 6.45) is 0. The van der Waals surface area contributed by atoms with Crippen LogP contribution in [-0.2, 0) is 12.6 Å². The fourth-order valence-corrected chi connectivity index (χ4v) is 3.12. The molecule has 2 N–H and O–H groups in total. The average Bonchev–Trinajstić information content (AvgIpc) is 3.32. The number of hydrogen-bond donors (Lipinski definition) is 2. The fraction of sp³-hybridized carbons (Fsp3) is 0.238. The van der Waals surface area contributed by atoms with E-state index in [0.29, 0.717) is 34.0 Å². The Balaban J connectivity index is 1.47. The van der Waals surface area contributed by atoms with Crippen LogP contribution in [0.3, 0.4) is 0 Å². The number of aliphatic hydroxyl groups is 1. The zero-order valence-electron chi connectivity index (χ0n) is 16.0. The molecular formula is C21H20FN3O4. The quantitative estimate of drug-likeness (QED) is 0.691. The van der Waals surface area contributed by atoms with Gasteiger partial charge in [-0.05, 0) is 55.0 Å². The van der Waals surface area contributed by atoms with Gasteiger partial charge in [-0.15, -0.1) is 0 Å². The van der Waals surface area contributed by atoms with Gasteiger partial charge in [-0.1, -0.05) is 6.07 Å². The second kappa shape index (κ2) is 7.21. The number of ether oxygens (including phenoxy) is 2. The van der Waals surface area contributed by atoms with Crippen molar-refractivity contribution in [2.24, 2.45) is 7.05 Å². The molecule has 3 aromatic rings. The first-order valence-corrected chi connectivity index (χ1v) is 9.04. The van der Waals surface area contributed by atoms with Crippen molar-refractivity contribution in [3.63, 3.8) is 0 Å². The second-order valence-electron chi connectivity index (χ2n) is 7.07. The third-order valence-electron chi connectivity index (χ3n) is 4.84. The zero-order valence-corrected chi connectivity index (χ0v) is 16.0. The van der Waals surface area contributed by atoms with Crippen LogP contribution in [0.1, 0.15) is 23.0 Å². The molecular weight excluding hydrogens is 377 g/mol. The summed E-state index contributed by atoms with van der Waals surface area (Å²) in [5, 5.41) is 17.9. The minimum atomic E-state index is -1.31. The van der Waals surface area contributed by atoms with Gasteiger partial charge in [0.15, 0.2) is 11.5 Å². The summed E-state index contributed by atoms with van der Waals surface area (Å²) >= 11 is 0. The number of nitrogens with one attached hydrogen (secondary N) is 1. The SMILES string of the molecule is Cn1nc(-c2ccc(F)cc2)cc1C(=O)NCC(C)(O)c1ccc2c(c1)OCO2. The Morgan fingerprint density at radius 2 is 1.93 bits per heavy atom. The maximum atomic E-state index is 13.1. The van der Waals surface area contributed by atoms with E-state index in [1.165, 1.54) is 16.8 Å². The lowest BCUT2D eigenvalue weighted by Gasteiger charge is -2.24. The Morgan fingerprint density at radius 1 is 1.21 bits per heavy atom. The lowest BCUT2D eigenvalue weighted by atomic mass is 9.95. The van der Waals surface area contributed by atoms with Gasteiger partial charge in [0.25, 0.3) is 5.91 Å². The number of amides is 1. The Labute approximate surface area is 166 Å². The molecule has 1 atom stereocenters. The molecule has 1 aromatic heterocycles. The summed E-state index contributed by atoms with van der Waals surface area (Å²) in [7, 11) is 1.65. The van der Waals surface area contributed by atoms with Gasteiger partial charge in [0.2, 0.25) is 6.79 Å². The highest BCUT2D eigenvalue weighted by Gasteiger charge is 2.27. The van der Waals surface area contributed by atoms with Gasteiger partial charge in [0, 0.05) is 12.6 Å². The summed E-state index contributed by atoms with van der Waals surface area (Å²) in [6, 6.07) is 12.7. The lowest BCUT2D eigenvalue weighted by molar-refractivity contribution is 0.0522. The molecule has 0 spiro atoms. The van der Waals surface area contributed by atoms with Crippen LogP contribution in [0.15, 0.2) is 48.5 Å². The number of rotatable bonds is 5. The first-order chi connectivity index (χ1) is 13.8. The van der Waals surface area contributed by atoms with Crippen molar-refractivity contribution in [1.82, 2.24) is 15.1 Å². The van der Waals surface area contributed by atoms with Crippen LogP contribution in [0, 0.1) is 5.82 Å². The summed E-state index contributed by atoms with van der Waals surface area (Å²) in [4.78, 5) is 12.6. The fourth-order valence-electron chi connectivity index (χ4n) is 3.12. The van der Waals surface area contributed by atoms with E-state index in [1.54, 1.807) is 50.4 Å². The van der Waals surface area contributed by atoms with Gasteiger partial charge in [-0.25, -0.2) is 4.39 Å². The molecule has 0 aliphatic carbocycles. The molecule has 0 saturated carbocycles. The lowest BCUT2D eigenvalue weighted by Crippen LogP contribution is -2.39. The molecule has 2 heterocycles. The molecule has 1 amide bonds. The standard InChI is InChI=1S/C21H20FN3O4/c1-21(27,14-5-8-18-19(9-14)29-12-28-18)11-23-20(26)17-10-16(24-25(17)2)13-3-6-15(22)7-4-13/h3-10,27H,11-12H2,1-2H3,(H,23,26). The molecule has 150 valence electrons. The number of hydrogen-bond acceptors (Lipinski definition) is 5. The summed E-state index contributed by atoms with van der Waals surface area (Å²) in [6.45, 7) is 1.75. The largest absolute Gasteiger partial charge is 0.454 e. The third-order valence-corrected chi connectivity index (χ3v) is 4.84. The number of aromatic nitrogens is 2. The van der Waals surface area contributed by atoms with Crippen molar-refractivity contribution in [3.05, 3.63) is 65.6 Å². The molecule has 2 aromatic carbocycles. The van der Waals surface area contributed by atoms with Crippen LogP contribution in [0.25, 0.3) is 11.3 Å². The molecule has 1 unspecified atom stereocenters. The first kappa shape index (κ1) is 18.9. The van der Waals surface area contributed by atoms with Crippen LogP contribution in [0.4, 0.5) is 4.39 Å². The topological polar surface area (TPSA) is 85.6 Å². The van der Waals surface area contributed by atoms with Crippen LogP contribution in [0.2, 0.25) is 0 Å². The number of halogens is 1. The highest BCUT2D eigenvalue weighted by atomic mass is 19.1. The minimum absolute atomic E-state index is 0.0114. The predicted molar refractivity (Wildman–Crippen MR) is 103 cm³/mol. The van der Waals surface area contributed by atoms with E-state index >= 15 is 0 Å². The first-order valence-electron chi connectivity index (χ1n) is 9.04. The molecule has 7 nitrogen and oxygen atoms in total. The van der Waals surface area contributed by atoms with Crippen molar-refractivity contribution in [2.45, 2.75) is 12.5 Å². The van der Waals surface area contributed by atoms with Gasteiger partial charge < -0.3 is 19.9 Å². The van der Waals surface area contributed by atoms with E-state index in [1.807, 2.05) is 0 Å². The number of fused-ring (bicyclic) bond motifs is 1. The second-order valence-corrected chi connectivity index (χ2v) is 7.07. The molecule has 0 fully saturated rings. The number of nitrogens with zero attached hydrogens (tertiary/aromatic N) is 2. The van der Waals surface area contributed by atoms with E-state index in [2.05, 4.69) is 10.4 Å². The van der Waals surface area contributed by atoms with Gasteiger partial charge in [-0.3, -0.25) is 9.48 Å². The number of benzene rings is 2. The molecule has 29 heavy (non-hydrogen) atoms. The monoisotopic (exact) mass is 397 g/mol. The minimum Gasteiger partial charge on any atom is -0.454 e. The number of carbonyl (C=O) groups is 1. The molecule has 1 aliphatic rings. The highest BCUT2D eigenvalue weighted by Crippen LogP contribution is 2.35. The maximum absolute atomic E-state index is 13.1. The smallest absolute Gasteiger partial charge is 0.269 e. The Bertz CT molecular complexity index is 1060. The van der Waals surface area contributed by atoms with Crippen molar-refractivity contribution in [1.29, 1.82) is 0 Å². The van der Waals surface area contributed by atoms with Gasteiger partial charge in [0.05, 0.1) is 12.2 Å². The molecule has 1 aliphatic heterocycles. The Morgan fingerprint density at radius 3 is 2.69 bits per heavy atom. The Hall–Kier alpha value is -3.39. The van der Waals surface area contributed by atoms with Crippen molar-refractivity contribution in [3.8, 4) is 22.8 Å². The van der Waals surface area contributed by atoms with Crippen molar-refractivity contribution < 1.29 is 23.8 Å². The van der Waals surface area contributed by atoms with E-state index < -0.39 is 5.60 Å². The highest BCUT2D eigenvalue weighted by molar-refractivity contribution is 5.93. The molecule has 0 bridgehead atoms. The zero-order chi connectivity index (χ0) is 20.6. The normalized spacial score (nSPS) is 14.5. The van der Waals surface area contributed by atoms with Crippen LogP contribution < -0.4 is 14.8 Å². The van der Waals surface area contributed by atoms with Gasteiger partial charge >= 0.3 is 0 Å². The van der Waals surface area contributed by atoms with E-state index in [9.17, 15) is 14.3 Å². The van der Waals surface area contributed by atoms with Crippen LogP contribution in [-0.4, -0.2) is 34.1 Å². The van der Waals surface area contributed by atoms with Gasteiger partial charge in [0.1, 0.15) is 17.1 Å². The van der Waals surface area contributed by atoms with Gasteiger partial charge in [-0.2, -0.15) is 5.10 Å². The van der Waals surface area contributed by atoms with Crippen LogP contribution >= 0.6 is 0 Å².